The largest absolute Gasteiger partial charge is 0.294 e. The Hall–Kier alpha value is -0.870. The van der Waals surface area contributed by atoms with Crippen molar-refractivity contribution in [3.8, 4) is 0 Å². The Morgan fingerprint density at radius 2 is 1.60 bits per heavy atom. The molecule has 0 rings (SSSR count). The van der Waals surface area contributed by atoms with E-state index in [1.54, 1.807) is 0 Å². The van der Waals surface area contributed by atoms with Gasteiger partial charge in [-0.05, 0) is 35.3 Å². The van der Waals surface area contributed by atoms with E-state index in [4.69, 9.17) is 0 Å². The number of hydrogen-bond acceptors (Lipinski definition) is 2. The SMILES string of the molecule is C=C(/C(=C\C(=C/CC(C)C)C(C)C)C(C)C)S(=O)(=O)O. The van der Waals surface area contributed by atoms with Crippen LogP contribution >= 0.6 is 0 Å². The lowest BCUT2D eigenvalue weighted by Crippen LogP contribution is -2.09. The summed E-state index contributed by atoms with van der Waals surface area (Å²) in [7, 11) is -4.24. The van der Waals surface area contributed by atoms with E-state index in [1.165, 1.54) is 0 Å². The van der Waals surface area contributed by atoms with Crippen molar-refractivity contribution < 1.29 is 13.0 Å². The van der Waals surface area contributed by atoms with Crippen LogP contribution in [-0.4, -0.2) is 13.0 Å². The zero-order valence-corrected chi connectivity index (χ0v) is 14.3. The molecule has 0 aliphatic heterocycles. The highest BCUT2D eigenvalue weighted by Crippen LogP contribution is 2.26. The van der Waals surface area contributed by atoms with Crippen LogP contribution in [-0.2, 0) is 10.1 Å². The van der Waals surface area contributed by atoms with E-state index in [-0.39, 0.29) is 16.7 Å². The second-order valence-corrected chi connectivity index (χ2v) is 7.58. The summed E-state index contributed by atoms with van der Waals surface area (Å²) in [5.41, 5.74) is 1.64. The topological polar surface area (TPSA) is 54.4 Å². The van der Waals surface area contributed by atoms with Gasteiger partial charge < -0.3 is 0 Å². The normalized spacial score (nSPS) is 14.5. The van der Waals surface area contributed by atoms with E-state index in [1.807, 2.05) is 19.9 Å². The Morgan fingerprint density at radius 3 is 1.90 bits per heavy atom. The molecule has 0 aliphatic rings. The molecule has 0 saturated carbocycles. The molecule has 0 aliphatic carbocycles. The predicted octanol–water partition coefficient (Wildman–Crippen LogP) is 4.60. The lowest BCUT2D eigenvalue weighted by atomic mass is 9.93. The summed E-state index contributed by atoms with van der Waals surface area (Å²) < 4.78 is 31.8. The van der Waals surface area contributed by atoms with Gasteiger partial charge in [0.1, 0.15) is 0 Å². The number of allylic oxidation sites excluding steroid dienone is 4. The summed E-state index contributed by atoms with van der Waals surface area (Å²) in [6.07, 6.45) is 4.93. The Kier molecular flexibility index (Phi) is 7.45. The van der Waals surface area contributed by atoms with Gasteiger partial charge in [-0.1, -0.05) is 60.3 Å². The van der Waals surface area contributed by atoms with Crippen molar-refractivity contribution in [1.82, 2.24) is 0 Å². The van der Waals surface area contributed by atoms with E-state index < -0.39 is 10.1 Å². The van der Waals surface area contributed by atoms with Crippen molar-refractivity contribution in [1.29, 1.82) is 0 Å². The molecule has 0 aromatic rings. The van der Waals surface area contributed by atoms with Crippen molar-refractivity contribution in [2.75, 3.05) is 0 Å². The lowest BCUT2D eigenvalue weighted by Gasteiger charge is -2.16. The van der Waals surface area contributed by atoms with E-state index in [2.05, 4.69) is 40.3 Å². The van der Waals surface area contributed by atoms with Crippen LogP contribution in [0.5, 0.6) is 0 Å². The Labute approximate surface area is 124 Å². The summed E-state index contributed by atoms with van der Waals surface area (Å²) in [5.74, 6) is 0.812. The maximum absolute atomic E-state index is 11.3. The molecule has 4 heteroatoms. The van der Waals surface area contributed by atoms with Gasteiger partial charge in [0.25, 0.3) is 10.1 Å². The summed E-state index contributed by atoms with van der Waals surface area (Å²) in [4.78, 5) is -0.205. The van der Waals surface area contributed by atoms with Crippen LogP contribution < -0.4 is 0 Å². The van der Waals surface area contributed by atoms with Gasteiger partial charge >= 0.3 is 0 Å². The summed E-state index contributed by atoms with van der Waals surface area (Å²) in [5, 5.41) is 0. The van der Waals surface area contributed by atoms with Crippen molar-refractivity contribution in [2.24, 2.45) is 17.8 Å². The van der Waals surface area contributed by atoms with Gasteiger partial charge in [0.05, 0.1) is 4.91 Å². The fourth-order valence-corrected chi connectivity index (χ4v) is 2.32. The van der Waals surface area contributed by atoms with Crippen molar-refractivity contribution in [3.05, 3.63) is 34.8 Å². The Morgan fingerprint density at radius 1 is 1.10 bits per heavy atom. The van der Waals surface area contributed by atoms with Gasteiger partial charge in [-0.2, -0.15) is 8.42 Å². The zero-order chi connectivity index (χ0) is 16.1. The molecule has 116 valence electrons. The minimum atomic E-state index is -4.24. The molecule has 0 aromatic carbocycles. The van der Waals surface area contributed by atoms with Crippen LogP contribution in [0, 0.1) is 17.8 Å². The fourth-order valence-electron chi connectivity index (χ4n) is 1.73. The summed E-state index contributed by atoms with van der Waals surface area (Å²) in [6.45, 7) is 15.7. The van der Waals surface area contributed by atoms with Crippen LogP contribution in [0.15, 0.2) is 34.8 Å². The molecule has 0 bridgehead atoms. The van der Waals surface area contributed by atoms with E-state index in [0.29, 0.717) is 11.5 Å². The minimum Gasteiger partial charge on any atom is -0.282 e. The first-order chi connectivity index (χ1) is 8.96. The third kappa shape index (κ3) is 6.53. The third-order valence-corrected chi connectivity index (χ3v) is 3.93. The molecule has 0 fully saturated rings. The molecule has 20 heavy (non-hydrogen) atoms. The lowest BCUT2D eigenvalue weighted by molar-refractivity contribution is 0.490. The van der Waals surface area contributed by atoms with Gasteiger partial charge in [-0.3, -0.25) is 4.55 Å². The first kappa shape index (κ1) is 19.1. The first-order valence-electron chi connectivity index (χ1n) is 7.05. The second kappa shape index (κ2) is 7.79. The monoisotopic (exact) mass is 300 g/mol. The number of rotatable bonds is 7. The van der Waals surface area contributed by atoms with Gasteiger partial charge in [-0.25, -0.2) is 0 Å². The molecule has 0 atom stereocenters. The van der Waals surface area contributed by atoms with Crippen molar-refractivity contribution in [3.63, 3.8) is 0 Å². The molecule has 0 unspecified atom stereocenters. The summed E-state index contributed by atoms with van der Waals surface area (Å²) >= 11 is 0. The van der Waals surface area contributed by atoms with Crippen molar-refractivity contribution in [2.45, 2.75) is 48.0 Å². The molecular weight excluding hydrogens is 272 g/mol. The highest BCUT2D eigenvalue weighted by Gasteiger charge is 2.19. The average Bonchev–Trinajstić information content (AvgIpc) is 2.25. The molecule has 0 aromatic heterocycles. The van der Waals surface area contributed by atoms with E-state index >= 15 is 0 Å². The average molecular weight is 300 g/mol. The Bertz CT molecular complexity index is 492. The highest BCUT2D eigenvalue weighted by atomic mass is 32.2. The van der Waals surface area contributed by atoms with E-state index in [9.17, 15) is 13.0 Å². The zero-order valence-electron chi connectivity index (χ0n) is 13.5. The second-order valence-electron chi connectivity index (χ2n) is 6.14. The van der Waals surface area contributed by atoms with Crippen molar-refractivity contribution >= 4 is 10.1 Å². The maximum Gasteiger partial charge on any atom is 0.294 e. The minimum absolute atomic E-state index is 0.0226. The summed E-state index contributed by atoms with van der Waals surface area (Å²) in [6, 6.07) is 0. The van der Waals surface area contributed by atoms with Gasteiger partial charge in [0, 0.05) is 0 Å². The molecule has 0 radical (unpaired) electrons. The van der Waals surface area contributed by atoms with Crippen LogP contribution in [0.3, 0.4) is 0 Å². The van der Waals surface area contributed by atoms with Crippen LogP contribution in [0.1, 0.15) is 48.0 Å². The Balaban J connectivity index is 5.65. The fraction of sp³-hybridized carbons (Fsp3) is 0.625. The van der Waals surface area contributed by atoms with Crippen LogP contribution in [0.25, 0.3) is 0 Å². The molecule has 3 nitrogen and oxygen atoms in total. The third-order valence-electron chi connectivity index (χ3n) is 3.07. The smallest absolute Gasteiger partial charge is 0.282 e. The first-order valence-corrected chi connectivity index (χ1v) is 8.49. The van der Waals surface area contributed by atoms with Crippen LogP contribution in [0.4, 0.5) is 0 Å². The molecule has 0 amide bonds. The van der Waals surface area contributed by atoms with Gasteiger partial charge in [-0.15, -0.1) is 0 Å². The highest BCUT2D eigenvalue weighted by molar-refractivity contribution is 7.90. The standard InChI is InChI=1S/C16H28O3S/c1-11(2)8-9-15(12(3)4)10-16(13(5)6)14(7)20(17,18)19/h9-13H,7-8H2,1-6H3,(H,17,18,19)/b15-9+,16-10-. The molecule has 0 saturated heterocycles. The van der Waals surface area contributed by atoms with Gasteiger partial charge in [0.15, 0.2) is 0 Å². The number of hydrogen-bond donors (Lipinski definition) is 1. The van der Waals surface area contributed by atoms with Crippen LogP contribution in [0.2, 0.25) is 0 Å². The van der Waals surface area contributed by atoms with Gasteiger partial charge in [0.2, 0.25) is 0 Å². The molecule has 1 N–H and O–H groups in total. The van der Waals surface area contributed by atoms with E-state index in [0.717, 1.165) is 12.0 Å². The quantitative estimate of drug-likeness (QED) is 0.552. The predicted molar refractivity (Wildman–Crippen MR) is 86.0 cm³/mol. The maximum atomic E-state index is 11.3. The molecule has 0 heterocycles. The molecular formula is C16H28O3S. The molecule has 0 spiro atoms.